The summed E-state index contributed by atoms with van der Waals surface area (Å²) in [7, 11) is 0. The van der Waals surface area contributed by atoms with Crippen molar-refractivity contribution >= 4 is 26.7 Å². The van der Waals surface area contributed by atoms with Crippen LogP contribution in [0.25, 0.3) is 10.2 Å². The van der Waals surface area contributed by atoms with Crippen molar-refractivity contribution in [2.24, 2.45) is 0 Å². The molecule has 0 atom stereocenters. The third kappa shape index (κ3) is 2.66. The second kappa shape index (κ2) is 5.27. The second-order valence-corrected chi connectivity index (χ2v) is 6.35. The van der Waals surface area contributed by atoms with Gasteiger partial charge in [-0.15, -0.1) is 0 Å². The number of aryl methyl sites for hydroxylation is 1. The number of aromatic nitrogens is 1. The minimum Gasteiger partial charge on any atom is -0.359 e. The quantitative estimate of drug-likeness (QED) is 0.789. The highest BCUT2D eigenvalue weighted by Gasteiger charge is 2.13. The van der Waals surface area contributed by atoms with Crippen molar-refractivity contribution < 1.29 is 0 Å². The molecule has 18 heavy (non-hydrogen) atoms. The maximum absolute atomic E-state index is 4.69. The van der Waals surface area contributed by atoms with Crippen LogP contribution in [0.4, 0.5) is 5.13 Å². The summed E-state index contributed by atoms with van der Waals surface area (Å²) >= 11 is 1.79. The van der Waals surface area contributed by atoms with E-state index in [2.05, 4.69) is 35.4 Å². The van der Waals surface area contributed by atoms with Crippen molar-refractivity contribution in [1.29, 1.82) is 0 Å². The van der Waals surface area contributed by atoms with Crippen LogP contribution in [-0.2, 0) is 0 Å². The van der Waals surface area contributed by atoms with Gasteiger partial charge in [0, 0.05) is 6.04 Å². The molecule has 1 aromatic carbocycles. The Morgan fingerprint density at radius 3 is 2.72 bits per heavy atom. The molecule has 1 aliphatic carbocycles. The van der Waals surface area contributed by atoms with E-state index in [0.29, 0.717) is 6.04 Å². The van der Waals surface area contributed by atoms with Crippen molar-refractivity contribution in [3.63, 3.8) is 0 Å². The SMILES string of the molecule is Cc1ccc2nc(NC3CCCCCC3)sc2c1. The minimum absolute atomic E-state index is 0.633. The number of benzene rings is 1. The molecule has 0 amide bonds. The molecule has 1 aliphatic rings. The Morgan fingerprint density at radius 1 is 1.17 bits per heavy atom. The van der Waals surface area contributed by atoms with Gasteiger partial charge in [0.05, 0.1) is 10.2 Å². The molecule has 3 heteroatoms. The first-order valence-corrected chi connectivity index (χ1v) is 7.77. The zero-order valence-electron chi connectivity index (χ0n) is 10.9. The topological polar surface area (TPSA) is 24.9 Å². The summed E-state index contributed by atoms with van der Waals surface area (Å²) in [5, 5.41) is 4.74. The van der Waals surface area contributed by atoms with Gasteiger partial charge in [-0.2, -0.15) is 0 Å². The van der Waals surface area contributed by atoms with Gasteiger partial charge in [0.2, 0.25) is 0 Å². The normalized spacial score (nSPS) is 17.8. The third-order valence-electron chi connectivity index (χ3n) is 3.73. The first-order valence-electron chi connectivity index (χ1n) is 6.95. The highest BCUT2D eigenvalue weighted by Crippen LogP contribution is 2.29. The minimum atomic E-state index is 0.633. The summed E-state index contributed by atoms with van der Waals surface area (Å²) < 4.78 is 1.30. The van der Waals surface area contributed by atoms with Crippen LogP contribution in [0.1, 0.15) is 44.1 Å². The van der Waals surface area contributed by atoms with Crippen LogP contribution in [-0.4, -0.2) is 11.0 Å². The van der Waals surface area contributed by atoms with Crippen LogP contribution in [0.2, 0.25) is 0 Å². The zero-order valence-corrected chi connectivity index (χ0v) is 11.7. The van der Waals surface area contributed by atoms with Crippen LogP contribution in [0.15, 0.2) is 18.2 Å². The van der Waals surface area contributed by atoms with E-state index in [1.807, 2.05) is 0 Å². The number of hydrogen-bond donors (Lipinski definition) is 1. The fourth-order valence-electron chi connectivity index (χ4n) is 2.69. The molecule has 2 nitrogen and oxygen atoms in total. The maximum Gasteiger partial charge on any atom is 0.184 e. The van der Waals surface area contributed by atoms with Gasteiger partial charge in [-0.3, -0.25) is 0 Å². The lowest BCUT2D eigenvalue weighted by atomic mass is 10.1. The number of nitrogens with zero attached hydrogens (tertiary/aromatic N) is 1. The largest absolute Gasteiger partial charge is 0.359 e. The highest BCUT2D eigenvalue weighted by atomic mass is 32.1. The van der Waals surface area contributed by atoms with Gasteiger partial charge in [-0.05, 0) is 37.5 Å². The molecule has 3 rings (SSSR count). The van der Waals surface area contributed by atoms with E-state index in [1.54, 1.807) is 11.3 Å². The Morgan fingerprint density at radius 2 is 1.94 bits per heavy atom. The Bertz CT molecular complexity index is 524. The van der Waals surface area contributed by atoms with Crippen molar-refractivity contribution in [1.82, 2.24) is 4.98 Å². The maximum atomic E-state index is 4.69. The molecule has 1 N–H and O–H groups in total. The molecule has 0 radical (unpaired) electrons. The molecular formula is C15H20N2S. The van der Waals surface area contributed by atoms with E-state index in [9.17, 15) is 0 Å². The fourth-order valence-corrected chi connectivity index (χ4v) is 3.73. The number of nitrogens with one attached hydrogen (secondary N) is 1. The van der Waals surface area contributed by atoms with Crippen molar-refractivity contribution in [2.45, 2.75) is 51.5 Å². The number of hydrogen-bond acceptors (Lipinski definition) is 3. The molecule has 0 spiro atoms. The van der Waals surface area contributed by atoms with Gasteiger partial charge in [0.15, 0.2) is 5.13 Å². The van der Waals surface area contributed by atoms with Gasteiger partial charge in [-0.25, -0.2) is 4.98 Å². The van der Waals surface area contributed by atoms with E-state index in [-0.39, 0.29) is 0 Å². The van der Waals surface area contributed by atoms with Crippen LogP contribution < -0.4 is 5.32 Å². The molecule has 96 valence electrons. The van der Waals surface area contributed by atoms with E-state index < -0.39 is 0 Å². The van der Waals surface area contributed by atoms with Gasteiger partial charge < -0.3 is 5.32 Å². The lowest BCUT2D eigenvalue weighted by Gasteiger charge is -2.14. The monoisotopic (exact) mass is 260 g/mol. The number of anilines is 1. The summed E-state index contributed by atoms with van der Waals surface area (Å²) in [5.41, 5.74) is 2.44. The average Bonchev–Trinajstić information content (AvgIpc) is 2.57. The van der Waals surface area contributed by atoms with Crippen LogP contribution in [0, 0.1) is 6.92 Å². The summed E-state index contributed by atoms with van der Waals surface area (Å²) in [4.78, 5) is 4.69. The molecule has 1 aromatic heterocycles. The zero-order chi connectivity index (χ0) is 12.4. The van der Waals surface area contributed by atoms with Crippen LogP contribution in [0.3, 0.4) is 0 Å². The van der Waals surface area contributed by atoms with Crippen molar-refractivity contribution in [3.05, 3.63) is 23.8 Å². The molecule has 0 saturated heterocycles. The van der Waals surface area contributed by atoms with E-state index >= 15 is 0 Å². The molecule has 0 aliphatic heterocycles. The predicted molar refractivity (Wildman–Crippen MR) is 79.5 cm³/mol. The van der Waals surface area contributed by atoms with Gasteiger partial charge in [0.1, 0.15) is 0 Å². The highest BCUT2D eigenvalue weighted by molar-refractivity contribution is 7.22. The van der Waals surface area contributed by atoms with E-state index in [0.717, 1.165) is 10.6 Å². The van der Waals surface area contributed by atoms with Crippen LogP contribution >= 0.6 is 11.3 Å². The lowest BCUT2D eigenvalue weighted by molar-refractivity contribution is 0.620. The van der Waals surface area contributed by atoms with Gasteiger partial charge >= 0.3 is 0 Å². The molecule has 2 aromatic rings. The first kappa shape index (κ1) is 12.0. The van der Waals surface area contributed by atoms with Crippen molar-refractivity contribution in [3.8, 4) is 0 Å². The molecule has 1 heterocycles. The number of thiazole rings is 1. The summed E-state index contributed by atoms with van der Waals surface area (Å²) in [6.07, 6.45) is 8.13. The average molecular weight is 260 g/mol. The summed E-state index contributed by atoms with van der Waals surface area (Å²) in [5.74, 6) is 0. The molecule has 0 bridgehead atoms. The third-order valence-corrected chi connectivity index (χ3v) is 4.68. The summed E-state index contributed by atoms with van der Waals surface area (Å²) in [6.45, 7) is 2.14. The van der Waals surface area contributed by atoms with Gasteiger partial charge in [0.25, 0.3) is 0 Å². The standard InChI is InChI=1S/C15H20N2S/c1-11-8-9-13-14(10-11)18-15(17-13)16-12-6-4-2-3-5-7-12/h8-10,12H,2-7H2,1H3,(H,16,17). The number of rotatable bonds is 2. The number of fused-ring (bicyclic) bond motifs is 1. The second-order valence-electron chi connectivity index (χ2n) is 5.32. The Hall–Kier alpha value is -1.09. The predicted octanol–water partition coefficient (Wildman–Crippen LogP) is 4.74. The summed E-state index contributed by atoms with van der Waals surface area (Å²) in [6, 6.07) is 7.12. The molecule has 1 saturated carbocycles. The Labute approximate surface area is 112 Å². The first-order chi connectivity index (χ1) is 8.81. The fraction of sp³-hybridized carbons (Fsp3) is 0.533. The van der Waals surface area contributed by atoms with E-state index in [1.165, 1.54) is 48.8 Å². The van der Waals surface area contributed by atoms with Crippen LogP contribution in [0.5, 0.6) is 0 Å². The Kier molecular flexibility index (Phi) is 3.50. The smallest absolute Gasteiger partial charge is 0.184 e. The molecular weight excluding hydrogens is 240 g/mol. The molecule has 0 unspecified atom stereocenters. The van der Waals surface area contributed by atoms with Gasteiger partial charge in [-0.1, -0.05) is 43.1 Å². The van der Waals surface area contributed by atoms with E-state index in [4.69, 9.17) is 0 Å². The Balaban J connectivity index is 1.77. The lowest BCUT2D eigenvalue weighted by Crippen LogP contribution is -2.17. The molecule has 1 fully saturated rings. The van der Waals surface area contributed by atoms with Crippen molar-refractivity contribution in [2.75, 3.05) is 5.32 Å².